The second-order valence-corrected chi connectivity index (χ2v) is 6.33. The van der Waals surface area contributed by atoms with Crippen molar-refractivity contribution >= 4 is 23.6 Å². The van der Waals surface area contributed by atoms with Crippen LogP contribution in [0.3, 0.4) is 0 Å². The number of nitrogens with one attached hydrogen (secondary N) is 1. The normalized spacial score (nSPS) is 12.4. The van der Waals surface area contributed by atoms with Crippen LogP contribution < -0.4 is 14.8 Å². The molecule has 0 saturated carbocycles. The predicted octanol–water partition coefficient (Wildman–Crippen LogP) is 2.28. The summed E-state index contributed by atoms with van der Waals surface area (Å²) in [5.74, 6) is 0.175. The lowest BCUT2D eigenvalue weighted by Gasteiger charge is -2.18. The standard InChI is InChI=1S/C21H20N2O7/c24-20(22-10-9-15-5-7-18-19(13-15)29-12-11-28-18)14-30-21(25)8-6-16-3-1-2-4-17(16)23(26)27/h1-8,13H,9-12,14H2,(H,22,24). The molecule has 0 bridgehead atoms. The number of amides is 1. The van der Waals surface area contributed by atoms with E-state index in [4.69, 9.17) is 14.2 Å². The summed E-state index contributed by atoms with van der Waals surface area (Å²) < 4.78 is 15.8. The Labute approximate surface area is 172 Å². The van der Waals surface area contributed by atoms with Crippen LogP contribution in [0.5, 0.6) is 11.5 Å². The van der Waals surface area contributed by atoms with E-state index in [1.165, 1.54) is 24.3 Å². The maximum absolute atomic E-state index is 11.8. The van der Waals surface area contributed by atoms with E-state index in [-0.39, 0.29) is 11.3 Å². The number of ether oxygens (including phenoxy) is 3. The van der Waals surface area contributed by atoms with E-state index < -0.39 is 23.4 Å². The monoisotopic (exact) mass is 412 g/mol. The highest BCUT2D eigenvalue weighted by atomic mass is 16.6. The van der Waals surface area contributed by atoms with Crippen molar-refractivity contribution in [2.24, 2.45) is 0 Å². The van der Waals surface area contributed by atoms with Crippen molar-refractivity contribution < 1.29 is 28.7 Å². The second-order valence-electron chi connectivity index (χ2n) is 6.33. The van der Waals surface area contributed by atoms with Crippen LogP contribution in [0.2, 0.25) is 0 Å². The molecule has 0 atom stereocenters. The molecule has 0 spiro atoms. The molecule has 3 rings (SSSR count). The summed E-state index contributed by atoms with van der Waals surface area (Å²) in [7, 11) is 0. The maximum Gasteiger partial charge on any atom is 0.331 e. The van der Waals surface area contributed by atoms with Gasteiger partial charge < -0.3 is 19.5 Å². The fourth-order valence-electron chi connectivity index (χ4n) is 2.78. The minimum Gasteiger partial charge on any atom is -0.486 e. The van der Waals surface area contributed by atoms with Gasteiger partial charge in [-0.2, -0.15) is 0 Å². The molecule has 1 N–H and O–H groups in total. The Morgan fingerprint density at radius 2 is 1.90 bits per heavy atom. The minimum absolute atomic E-state index is 0.126. The van der Waals surface area contributed by atoms with Gasteiger partial charge in [0.15, 0.2) is 18.1 Å². The van der Waals surface area contributed by atoms with Gasteiger partial charge in [0.2, 0.25) is 0 Å². The van der Waals surface area contributed by atoms with Gasteiger partial charge in [-0.15, -0.1) is 0 Å². The lowest BCUT2D eigenvalue weighted by atomic mass is 10.1. The first-order valence-electron chi connectivity index (χ1n) is 9.26. The van der Waals surface area contributed by atoms with E-state index in [1.807, 2.05) is 18.2 Å². The molecule has 30 heavy (non-hydrogen) atoms. The van der Waals surface area contributed by atoms with Gasteiger partial charge in [0, 0.05) is 18.7 Å². The number of para-hydroxylation sites is 1. The summed E-state index contributed by atoms with van der Waals surface area (Å²) in [6.07, 6.45) is 2.90. The number of hydrogen-bond donors (Lipinski definition) is 1. The molecule has 1 heterocycles. The van der Waals surface area contributed by atoms with E-state index in [9.17, 15) is 19.7 Å². The zero-order valence-electron chi connectivity index (χ0n) is 16.0. The molecule has 1 amide bonds. The van der Waals surface area contributed by atoms with Crippen LogP contribution in [0.1, 0.15) is 11.1 Å². The summed E-state index contributed by atoms with van der Waals surface area (Å²) in [6.45, 7) is 0.951. The minimum atomic E-state index is -0.768. The first-order chi connectivity index (χ1) is 14.5. The van der Waals surface area contributed by atoms with Crippen molar-refractivity contribution in [3.05, 3.63) is 69.8 Å². The van der Waals surface area contributed by atoms with Gasteiger partial charge in [-0.25, -0.2) is 4.79 Å². The van der Waals surface area contributed by atoms with Crippen LogP contribution in [-0.4, -0.2) is 43.2 Å². The van der Waals surface area contributed by atoms with Crippen LogP contribution in [0.15, 0.2) is 48.5 Å². The average molecular weight is 412 g/mol. The Hall–Kier alpha value is -3.88. The number of nitro groups is 1. The number of benzene rings is 2. The Bertz CT molecular complexity index is 972. The molecule has 9 heteroatoms. The topological polar surface area (TPSA) is 117 Å². The van der Waals surface area contributed by atoms with Gasteiger partial charge in [0.1, 0.15) is 13.2 Å². The van der Waals surface area contributed by atoms with E-state index in [1.54, 1.807) is 6.07 Å². The van der Waals surface area contributed by atoms with E-state index >= 15 is 0 Å². The van der Waals surface area contributed by atoms with Crippen molar-refractivity contribution in [1.29, 1.82) is 0 Å². The molecule has 0 saturated heterocycles. The molecule has 0 aromatic heterocycles. The third-order valence-corrected chi connectivity index (χ3v) is 4.22. The molecule has 1 aliphatic rings. The average Bonchev–Trinajstić information content (AvgIpc) is 2.76. The van der Waals surface area contributed by atoms with Crippen LogP contribution >= 0.6 is 0 Å². The third kappa shape index (κ3) is 5.81. The number of nitro benzene ring substituents is 1. The number of carbonyl (C=O) groups excluding carboxylic acids is 2. The van der Waals surface area contributed by atoms with Crippen LogP contribution in [0.4, 0.5) is 5.69 Å². The Morgan fingerprint density at radius 3 is 2.70 bits per heavy atom. The molecule has 0 fully saturated rings. The van der Waals surface area contributed by atoms with Gasteiger partial charge >= 0.3 is 5.97 Å². The smallest absolute Gasteiger partial charge is 0.331 e. The largest absolute Gasteiger partial charge is 0.486 e. The van der Waals surface area contributed by atoms with E-state index in [0.29, 0.717) is 37.7 Å². The number of rotatable bonds is 8. The molecule has 2 aromatic rings. The fraction of sp³-hybridized carbons (Fsp3) is 0.238. The highest BCUT2D eigenvalue weighted by molar-refractivity contribution is 5.89. The van der Waals surface area contributed by atoms with Crippen molar-refractivity contribution in [3.63, 3.8) is 0 Å². The van der Waals surface area contributed by atoms with E-state index in [2.05, 4.69) is 5.32 Å². The lowest BCUT2D eigenvalue weighted by molar-refractivity contribution is -0.385. The Kier molecular flexibility index (Phi) is 6.99. The van der Waals surface area contributed by atoms with Crippen molar-refractivity contribution in [1.82, 2.24) is 5.32 Å². The molecular formula is C21H20N2O7. The number of nitrogens with zero attached hydrogens (tertiary/aromatic N) is 1. The summed E-state index contributed by atoms with van der Waals surface area (Å²) in [4.78, 5) is 34.0. The first kappa shape index (κ1) is 20.8. The molecule has 1 aliphatic heterocycles. The molecule has 0 unspecified atom stereocenters. The number of esters is 1. The number of hydrogen-bond acceptors (Lipinski definition) is 7. The van der Waals surface area contributed by atoms with Gasteiger partial charge in [0.25, 0.3) is 11.6 Å². The van der Waals surface area contributed by atoms with Crippen molar-refractivity contribution in [3.8, 4) is 11.5 Å². The fourth-order valence-corrected chi connectivity index (χ4v) is 2.78. The van der Waals surface area contributed by atoms with Gasteiger partial charge in [-0.3, -0.25) is 14.9 Å². The molecule has 2 aromatic carbocycles. The van der Waals surface area contributed by atoms with Crippen molar-refractivity contribution in [2.45, 2.75) is 6.42 Å². The third-order valence-electron chi connectivity index (χ3n) is 4.22. The summed E-state index contributed by atoms with van der Waals surface area (Å²) in [5.41, 5.74) is 1.12. The Balaban J connectivity index is 1.40. The zero-order valence-corrected chi connectivity index (χ0v) is 16.0. The quantitative estimate of drug-likeness (QED) is 0.306. The van der Waals surface area contributed by atoms with Gasteiger partial charge in [0.05, 0.1) is 10.5 Å². The zero-order chi connectivity index (χ0) is 21.3. The predicted molar refractivity (Wildman–Crippen MR) is 107 cm³/mol. The Morgan fingerprint density at radius 1 is 1.13 bits per heavy atom. The number of fused-ring (bicyclic) bond motifs is 1. The first-order valence-corrected chi connectivity index (χ1v) is 9.26. The van der Waals surface area contributed by atoms with Gasteiger partial charge in [-0.1, -0.05) is 18.2 Å². The molecule has 0 aliphatic carbocycles. The van der Waals surface area contributed by atoms with Crippen molar-refractivity contribution in [2.75, 3.05) is 26.4 Å². The molecule has 0 radical (unpaired) electrons. The summed E-state index contributed by atoms with van der Waals surface area (Å²) in [6, 6.07) is 11.6. The van der Waals surface area contributed by atoms with Gasteiger partial charge in [-0.05, 0) is 36.3 Å². The number of carbonyl (C=O) groups is 2. The molecule has 9 nitrogen and oxygen atoms in total. The van der Waals surface area contributed by atoms with Crippen LogP contribution in [0.25, 0.3) is 6.08 Å². The summed E-state index contributed by atoms with van der Waals surface area (Å²) in [5, 5.41) is 13.6. The lowest BCUT2D eigenvalue weighted by Crippen LogP contribution is -2.30. The van der Waals surface area contributed by atoms with Crippen LogP contribution in [0, 0.1) is 10.1 Å². The maximum atomic E-state index is 11.8. The molecular weight excluding hydrogens is 392 g/mol. The van der Waals surface area contributed by atoms with E-state index in [0.717, 1.165) is 11.6 Å². The molecule has 156 valence electrons. The van der Waals surface area contributed by atoms with Crippen LogP contribution in [-0.2, 0) is 20.7 Å². The summed E-state index contributed by atoms with van der Waals surface area (Å²) >= 11 is 0. The highest BCUT2D eigenvalue weighted by Crippen LogP contribution is 2.30. The SMILES string of the molecule is O=C(COC(=O)C=Cc1ccccc1[N+](=O)[O-])NCCc1ccc2c(c1)OCCO2. The second kappa shape index (κ2) is 10.1. The highest BCUT2D eigenvalue weighted by Gasteiger charge is 2.12.